The largest absolute Gasteiger partial charge is 0.391 e. The van der Waals surface area contributed by atoms with Gasteiger partial charge in [0.25, 0.3) is 5.91 Å². The smallest absolute Gasteiger partial charge is 0.269 e. The summed E-state index contributed by atoms with van der Waals surface area (Å²) in [5.74, 6) is -2.45. The van der Waals surface area contributed by atoms with Gasteiger partial charge in [0, 0.05) is 18.0 Å². The van der Waals surface area contributed by atoms with Gasteiger partial charge in [0.2, 0.25) is 0 Å². The molecule has 0 saturated carbocycles. The summed E-state index contributed by atoms with van der Waals surface area (Å²) in [6.45, 7) is 3.44. The third-order valence-electron chi connectivity index (χ3n) is 3.93. The fraction of sp³-hybridized carbons (Fsp3) is 0.375. The normalized spacial score (nSPS) is 19.9. The molecule has 0 spiro atoms. The van der Waals surface area contributed by atoms with Crippen molar-refractivity contribution in [3.8, 4) is 0 Å². The molecular weight excluding hydrogens is 354 g/mol. The van der Waals surface area contributed by atoms with Crippen molar-refractivity contribution in [1.29, 1.82) is 5.41 Å². The molecule has 1 heterocycles. The number of nitrogens with zero attached hydrogens (tertiary/aromatic N) is 1. The Morgan fingerprint density at radius 2 is 2.12 bits per heavy atom. The number of carbonyl (C=O) groups is 1. The van der Waals surface area contributed by atoms with Crippen molar-refractivity contribution in [2.24, 2.45) is 0 Å². The van der Waals surface area contributed by atoms with Crippen LogP contribution in [0.5, 0.6) is 0 Å². The second-order valence-corrected chi connectivity index (χ2v) is 6.15. The molecule has 1 aromatic carbocycles. The molecule has 1 fully saturated rings. The van der Waals surface area contributed by atoms with E-state index in [-0.39, 0.29) is 22.5 Å². The van der Waals surface area contributed by atoms with Crippen molar-refractivity contribution in [2.45, 2.75) is 19.1 Å². The molecule has 6 nitrogen and oxygen atoms in total. The highest BCUT2D eigenvalue weighted by molar-refractivity contribution is 6.45. The van der Waals surface area contributed by atoms with Crippen LogP contribution in [0.2, 0.25) is 0 Å². The summed E-state index contributed by atoms with van der Waals surface area (Å²) in [5.41, 5.74) is 0.0686. The maximum absolute atomic E-state index is 13.2. The lowest BCUT2D eigenvalue weighted by Gasteiger charge is -2.37. The van der Waals surface area contributed by atoms with E-state index in [9.17, 15) is 18.7 Å². The Morgan fingerprint density at radius 1 is 1.48 bits per heavy atom. The second-order valence-electron chi connectivity index (χ2n) is 5.77. The van der Waals surface area contributed by atoms with Crippen LogP contribution in [0, 0.1) is 17.0 Å². The molecular formula is C16H20ClF2N4O2+. The molecule has 0 bridgehead atoms. The number of halogens is 3. The molecule has 2 atom stereocenters. The number of allylic oxidation sites excluding steroid dienone is 1. The summed E-state index contributed by atoms with van der Waals surface area (Å²) in [6, 6.07) is 2.31. The number of benzene rings is 1. The molecule has 9 heteroatoms. The molecule has 5 N–H and O–H groups in total. The zero-order valence-corrected chi connectivity index (χ0v) is 14.4. The lowest BCUT2D eigenvalue weighted by Crippen LogP contribution is -2.92. The predicted octanol–water partition coefficient (Wildman–Crippen LogP) is 0.632. The van der Waals surface area contributed by atoms with Gasteiger partial charge in [-0.15, -0.1) is 0 Å². The third kappa shape index (κ3) is 4.75. The molecule has 2 rings (SSSR count). The van der Waals surface area contributed by atoms with Crippen molar-refractivity contribution >= 4 is 29.4 Å². The zero-order valence-electron chi connectivity index (χ0n) is 13.6. The van der Waals surface area contributed by atoms with Gasteiger partial charge in [-0.2, -0.15) is 0 Å². The van der Waals surface area contributed by atoms with Crippen LogP contribution in [-0.4, -0.2) is 53.9 Å². The summed E-state index contributed by atoms with van der Waals surface area (Å²) in [4.78, 5) is 14.0. The Labute approximate surface area is 149 Å². The van der Waals surface area contributed by atoms with Gasteiger partial charge in [-0.3, -0.25) is 4.79 Å². The zero-order chi connectivity index (χ0) is 18.6. The highest BCUT2D eigenvalue weighted by atomic mass is 35.5. The van der Waals surface area contributed by atoms with Crippen LogP contribution in [0.4, 0.5) is 14.5 Å². The molecule has 1 aliphatic rings. The van der Waals surface area contributed by atoms with E-state index in [0.29, 0.717) is 19.2 Å². The summed E-state index contributed by atoms with van der Waals surface area (Å²) in [7, 11) is 0. The topological polar surface area (TPSA) is 93.0 Å². The lowest BCUT2D eigenvalue weighted by atomic mass is 10.1. The first-order valence-corrected chi connectivity index (χ1v) is 8.15. The number of aliphatic hydroxyl groups is 1. The Hall–Kier alpha value is -2.03. The van der Waals surface area contributed by atoms with Gasteiger partial charge in [0.1, 0.15) is 22.7 Å². The van der Waals surface area contributed by atoms with Crippen LogP contribution >= 0.6 is 11.6 Å². The predicted molar refractivity (Wildman–Crippen MR) is 90.5 cm³/mol. The first-order chi connectivity index (χ1) is 11.8. The number of amides is 1. The van der Waals surface area contributed by atoms with E-state index in [1.165, 1.54) is 0 Å². The van der Waals surface area contributed by atoms with E-state index in [1.54, 1.807) is 11.8 Å². The summed E-state index contributed by atoms with van der Waals surface area (Å²) < 4.78 is 26.4. The average molecular weight is 374 g/mol. The maximum atomic E-state index is 13.2. The monoisotopic (exact) mass is 373 g/mol. The minimum Gasteiger partial charge on any atom is -0.391 e. The molecule has 1 aromatic rings. The van der Waals surface area contributed by atoms with Gasteiger partial charge in [0.15, 0.2) is 0 Å². The van der Waals surface area contributed by atoms with Crippen LogP contribution in [0.15, 0.2) is 28.9 Å². The fourth-order valence-electron chi connectivity index (χ4n) is 2.77. The van der Waals surface area contributed by atoms with Crippen molar-refractivity contribution < 1.29 is 24.0 Å². The van der Waals surface area contributed by atoms with E-state index in [2.05, 4.69) is 5.32 Å². The molecule has 0 aliphatic carbocycles. The van der Waals surface area contributed by atoms with Gasteiger partial charge in [-0.25, -0.2) is 8.78 Å². The van der Waals surface area contributed by atoms with Crippen LogP contribution in [0.3, 0.4) is 0 Å². The number of carbonyl (C=O) groups excluding carboxylic acids is 1. The number of anilines is 1. The highest BCUT2D eigenvalue weighted by Gasteiger charge is 2.31. The van der Waals surface area contributed by atoms with Crippen molar-refractivity contribution in [1.82, 2.24) is 4.90 Å². The Balaban J connectivity index is 2.27. The minimum atomic E-state index is -0.830. The summed E-state index contributed by atoms with van der Waals surface area (Å²) in [6.07, 6.45) is 0.255. The molecule has 136 valence electrons. The Morgan fingerprint density at radius 3 is 2.68 bits per heavy atom. The molecule has 0 radical (unpaired) electrons. The maximum Gasteiger partial charge on any atom is 0.269 e. The average Bonchev–Trinajstić information content (AvgIpc) is 2.54. The number of hydrogen-bond donors (Lipinski definition) is 4. The van der Waals surface area contributed by atoms with Crippen LogP contribution in [0.1, 0.15) is 6.92 Å². The second kappa shape index (κ2) is 8.37. The molecule has 0 aromatic heterocycles. The van der Waals surface area contributed by atoms with E-state index in [4.69, 9.17) is 17.0 Å². The van der Waals surface area contributed by atoms with E-state index < -0.39 is 23.6 Å². The fourth-order valence-corrected chi connectivity index (χ4v) is 2.98. The molecule has 1 aliphatic heterocycles. The molecule has 1 saturated heterocycles. The summed E-state index contributed by atoms with van der Waals surface area (Å²) in [5, 5.41) is 21.6. The van der Waals surface area contributed by atoms with Crippen molar-refractivity contribution in [3.63, 3.8) is 0 Å². The van der Waals surface area contributed by atoms with Crippen LogP contribution < -0.4 is 10.6 Å². The standard InChI is InChI=1S/C16H19ClF2N4O2/c1-9(24)14-8-21-2-3-23(14)13(7-20)15(17)16(25)22-12-5-10(18)4-11(19)6-12/h4-7,9,14,20-21,24H,2-3,8H2,1H3,(H,22,25)/p+1. The van der Waals surface area contributed by atoms with Gasteiger partial charge < -0.3 is 26.0 Å². The van der Waals surface area contributed by atoms with Gasteiger partial charge in [0.05, 0.1) is 31.4 Å². The number of rotatable bonds is 5. The minimum absolute atomic E-state index is 0.0796. The SMILES string of the molecule is CC(O)C1C[NH2+]CCN1C(C=N)=C(Cl)C(=O)Nc1cc(F)cc(F)c1. The summed E-state index contributed by atoms with van der Waals surface area (Å²) >= 11 is 6.13. The van der Waals surface area contributed by atoms with Crippen LogP contribution in [0.25, 0.3) is 0 Å². The van der Waals surface area contributed by atoms with Crippen LogP contribution in [-0.2, 0) is 4.79 Å². The first-order valence-electron chi connectivity index (χ1n) is 7.77. The van der Waals surface area contributed by atoms with Crippen molar-refractivity contribution in [3.05, 3.63) is 40.6 Å². The highest BCUT2D eigenvalue weighted by Crippen LogP contribution is 2.20. The van der Waals surface area contributed by atoms with Crippen molar-refractivity contribution in [2.75, 3.05) is 25.0 Å². The van der Waals surface area contributed by atoms with E-state index in [1.807, 2.05) is 5.32 Å². The number of aliphatic hydroxyl groups excluding tert-OH is 1. The van der Waals surface area contributed by atoms with E-state index in [0.717, 1.165) is 24.9 Å². The number of hydrogen-bond acceptors (Lipinski definition) is 4. The van der Waals surface area contributed by atoms with Gasteiger partial charge in [-0.1, -0.05) is 11.6 Å². The number of piperazine rings is 1. The lowest BCUT2D eigenvalue weighted by molar-refractivity contribution is -0.669. The Kier molecular flexibility index (Phi) is 6.46. The Bertz CT molecular complexity index is 676. The first kappa shape index (κ1) is 19.3. The quantitative estimate of drug-likeness (QED) is 0.450. The molecule has 25 heavy (non-hydrogen) atoms. The third-order valence-corrected chi connectivity index (χ3v) is 4.30. The van der Waals surface area contributed by atoms with Gasteiger partial charge in [-0.05, 0) is 19.1 Å². The van der Waals surface area contributed by atoms with E-state index >= 15 is 0 Å². The number of quaternary nitrogens is 1. The number of nitrogens with two attached hydrogens (primary N) is 1. The van der Waals surface area contributed by atoms with Gasteiger partial charge >= 0.3 is 0 Å². The number of nitrogens with one attached hydrogen (secondary N) is 2. The molecule has 1 amide bonds. The molecule has 2 unspecified atom stereocenters.